The first-order valence-corrected chi connectivity index (χ1v) is 12.1. The van der Waals surface area contributed by atoms with Crippen LogP contribution < -0.4 is 4.74 Å². The molecule has 0 aliphatic rings. The van der Waals surface area contributed by atoms with Crippen molar-refractivity contribution in [2.75, 3.05) is 12.8 Å². The molecule has 1 amide bonds. The fourth-order valence-corrected chi connectivity index (χ4v) is 4.08. The molecule has 0 atom stereocenters. The maximum atomic E-state index is 13.8. The number of hydrogen-bond acceptors (Lipinski definition) is 8. The standard InChI is InChI=1S/C25H21F2N3O6S/c1-14-28-23(36-29-14)11-30(12-24(31)32)25(33)21-8-7-17(35-21)13-34-16-5-3-15(4-6-16)18-9-19(26)20(27)10-22(18)37-2/h3-10H,11-13H2,1-2H3,(H,31,32). The van der Waals surface area contributed by atoms with Gasteiger partial charge in [0, 0.05) is 4.90 Å². The highest BCUT2D eigenvalue weighted by molar-refractivity contribution is 7.98. The number of carbonyl (C=O) groups excluding carboxylic acids is 1. The number of hydrogen-bond donors (Lipinski definition) is 1. The minimum Gasteiger partial charge on any atom is -0.486 e. The van der Waals surface area contributed by atoms with Gasteiger partial charge in [-0.05, 0) is 60.7 Å². The summed E-state index contributed by atoms with van der Waals surface area (Å²) in [6, 6.07) is 12.1. The van der Waals surface area contributed by atoms with E-state index in [0.29, 0.717) is 33.4 Å². The molecule has 0 unspecified atom stereocenters. The molecule has 0 aliphatic carbocycles. The Hall–Kier alpha value is -4.19. The number of benzene rings is 2. The molecule has 2 aromatic carbocycles. The molecular formula is C25H21F2N3O6S. The summed E-state index contributed by atoms with van der Waals surface area (Å²) in [6.45, 7) is 0.818. The normalized spacial score (nSPS) is 10.9. The molecule has 4 rings (SSSR count). The zero-order valence-electron chi connectivity index (χ0n) is 19.7. The molecule has 12 heteroatoms. The Morgan fingerprint density at radius 1 is 1.11 bits per heavy atom. The number of carbonyl (C=O) groups is 2. The molecule has 4 aromatic rings. The van der Waals surface area contributed by atoms with E-state index in [0.717, 1.165) is 17.0 Å². The van der Waals surface area contributed by atoms with Crippen molar-refractivity contribution in [3.8, 4) is 16.9 Å². The summed E-state index contributed by atoms with van der Waals surface area (Å²) in [5.41, 5.74) is 1.25. The molecule has 0 bridgehead atoms. The predicted octanol–water partition coefficient (Wildman–Crippen LogP) is 4.94. The summed E-state index contributed by atoms with van der Waals surface area (Å²) < 4.78 is 43.6. The van der Waals surface area contributed by atoms with Gasteiger partial charge < -0.3 is 23.7 Å². The lowest BCUT2D eigenvalue weighted by Crippen LogP contribution is -2.35. The van der Waals surface area contributed by atoms with Crippen molar-refractivity contribution >= 4 is 23.6 Å². The SMILES string of the molecule is CSc1cc(F)c(F)cc1-c1ccc(OCc2ccc(C(=O)N(CC(=O)O)Cc3nc(C)no3)o2)cc1. The molecule has 37 heavy (non-hydrogen) atoms. The van der Waals surface area contributed by atoms with Gasteiger partial charge in [0.25, 0.3) is 5.91 Å². The van der Waals surface area contributed by atoms with Crippen molar-refractivity contribution in [2.24, 2.45) is 0 Å². The molecule has 192 valence electrons. The smallest absolute Gasteiger partial charge is 0.323 e. The molecular weight excluding hydrogens is 508 g/mol. The molecule has 1 N–H and O–H groups in total. The van der Waals surface area contributed by atoms with E-state index < -0.39 is 30.1 Å². The number of nitrogens with zero attached hydrogens (tertiary/aromatic N) is 3. The van der Waals surface area contributed by atoms with E-state index in [9.17, 15) is 23.5 Å². The van der Waals surface area contributed by atoms with Gasteiger partial charge in [-0.1, -0.05) is 17.3 Å². The first kappa shape index (κ1) is 25.9. The fourth-order valence-electron chi connectivity index (χ4n) is 3.46. The number of ether oxygens (including phenoxy) is 1. The van der Waals surface area contributed by atoms with Crippen LogP contribution in [0.3, 0.4) is 0 Å². The number of carboxylic acids is 1. The van der Waals surface area contributed by atoms with E-state index in [1.165, 1.54) is 17.8 Å². The first-order valence-electron chi connectivity index (χ1n) is 10.9. The van der Waals surface area contributed by atoms with E-state index in [4.69, 9.17) is 13.7 Å². The van der Waals surface area contributed by atoms with Gasteiger partial charge in [-0.15, -0.1) is 11.8 Å². The summed E-state index contributed by atoms with van der Waals surface area (Å²) in [6.07, 6.45) is 1.78. The Morgan fingerprint density at radius 2 is 1.84 bits per heavy atom. The molecule has 0 spiro atoms. The molecule has 0 aliphatic heterocycles. The first-order chi connectivity index (χ1) is 17.7. The quantitative estimate of drug-likeness (QED) is 0.285. The maximum Gasteiger partial charge on any atom is 0.323 e. The largest absolute Gasteiger partial charge is 0.486 e. The minimum absolute atomic E-state index is 0.00432. The van der Waals surface area contributed by atoms with Crippen LogP contribution in [0.5, 0.6) is 5.75 Å². The molecule has 0 saturated carbocycles. The lowest BCUT2D eigenvalue weighted by molar-refractivity contribution is -0.137. The predicted molar refractivity (Wildman–Crippen MR) is 128 cm³/mol. The summed E-state index contributed by atoms with van der Waals surface area (Å²) in [5.74, 6) is -2.50. The molecule has 0 radical (unpaired) electrons. The summed E-state index contributed by atoms with van der Waals surface area (Å²) in [4.78, 5) is 29.7. The number of aryl methyl sites for hydroxylation is 1. The van der Waals surface area contributed by atoms with Gasteiger partial charge in [0.2, 0.25) is 5.89 Å². The number of carboxylic acid groups (broad SMARTS) is 1. The zero-order chi connectivity index (χ0) is 26.5. The Kier molecular flexibility index (Phi) is 7.87. The average Bonchev–Trinajstić information content (AvgIpc) is 3.52. The third-order valence-electron chi connectivity index (χ3n) is 5.17. The number of amides is 1. The van der Waals surface area contributed by atoms with Crippen molar-refractivity contribution in [3.63, 3.8) is 0 Å². The van der Waals surface area contributed by atoms with Gasteiger partial charge in [0.15, 0.2) is 23.2 Å². The van der Waals surface area contributed by atoms with E-state index >= 15 is 0 Å². The number of halogens is 2. The highest BCUT2D eigenvalue weighted by Crippen LogP contribution is 2.33. The van der Waals surface area contributed by atoms with Crippen LogP contribution in [0.15, 0.2) is 62.4 Å². The van der Waals surface area contributed by atoms with Crippen molar-refractivity contribution in [1.29, 1.82) is 0 Å². The Labute approximate surface area is 214 Å². The van der Waals surface area contributed by atoms with Gasteiger partial charge in [-0.3, -0.25) is 9.59 Å². The minimum atomic E-state index is -1.21. The average molecular weight is 530 g/mol. The molecule has 0 saturated heterocycles. The van der Waals surface area contributed by atoms with E-state index in [-0.39, 0.29) is 24.8 Å². The second-order valence-corrected chi connectivity index (χ2v) is 8.68. The monoisotopic (exact) mass is 529 g/mol. The van der Waals surface area contributed by atoms with Crippen LogP contribution in [0.1, 0.15) is 28.0 Å². The van der Waals surface area contributed by atoms with E-state index in [1.54, 1.807) is 43.5 Å². The van der Waals surface area contributed by atoms with Gasteiger partial charge in [0.05, 0.1) is 0 Å². The fraction of sp³-hybridized carbons (Fsp3) is 0.200. The summed E-state index contributed by atoms with van der Waals surface area (Å²) >= 11 is 1.31. The van der Waals surface area contributed by atoms with Crippen LogP contribution in [-0.4, -0.2) is 44.8 Å². The molecule has 2 aromatic heterocycles. The Balaban J connectivity index is 1.41. The van der Waals surface area contributed by atoms with Gasteiger partial charge in [0.1, 0.15) is 31.2 Å². The molecule has 9 nitrogen and oxygen atoms in total. The van der Waals surface area contributed by atoms with Crippen molar-refractivity contribution in [1.82, 2.24) is 15.0 Å². The van der Waals surface area contributed by atoms with Crippen LogP contribution in [0.4, 0.5) is 8.78 Å². The maximum absolute atomic E-state index is 13.8. The van der Waals surface area contributed by atoms with Crippen LogP contribution >= 0.6 is 11.8 Å². The Bertz CT molecular complexity index is 1420. The van der Waals surface area contributed by atoms with Crippen LogP contribution in [0.25, 0.3) is 11.1 Å². The number of rotatable bonds is 10. The number of aromatic nitrogens is 2. The van der Waals surface area contributed by atoms with Crippen molar-refractivity contribution in [2.45, 2.75) is 25.0 Å². The highest BCUT2D eigenvalue weighted by atomic mass is 32.2. The van der Waals surface area contributed by atoms with E-state index in [2.05, 4.69) is 10.1 Å². The van der Waals surface area contributed by atoms with Crippen molar-refractivity contribution in [3.05, 3.63) is 83.4 Å². The number of furan rings is 1. The van der Waals surface area contributed by atoms with Crippen LogP contribution in [0.2, 0.25) is 0 Å². The lowest BCUT2D eigenvalue weighted by atomic mass is 10.1. The lowest BCUT2D eigenvalue weighted by Gasteiger charge is -2.17. The highest BCUT2D eigenvalue weighted by Gasteiger charge is 2.24. The number of aliphatic carboxylic acids is 1. The van der Waals surface area contributed by atoms with Gasteiger partial charge in [-0.2, -0.15) is 4.98 Å². The summed E-state index contributed by atoms with van der Waals surface area (Å²) in [7, 11) is 0. The van der Waals surface area contributed by atoms with Gasteiger partial charge in [-0.25, -0.2) is 8.78 Å². The van der Waals surface area contributed by atoms with Crippen LogP contribution in [0, 0.1) is 18.6 Å². The second-order valence-electron chi connectivity index (χ2n) is 7.84. The molecule has 0 fully saturated rings. The van der Waals surface area contributed by atoms with Crippen LogP contribution in [-0.2, 0) is 17.9 Å². The Morgan fingerprint density at radius 3 is 2.49 bits per heavy atom. The molecule has 2 heterocycles. The van der Waals surface area contributed by atoms with E-state index in [1.807, 2.05) is 0 Å². The van der Waals surface area contributed by atoms with Crippen molar-refractivity contribution < 1.29 is 37.2 Å². The zero-order valence-corrected chi connectivity index (χ0v) is 20.6. The topological polar surface area (TPSA) is 119 Å². The second kappa shape index (κ2) is 11.2. The van der Waals surface area contributed by atoms with Gasteiger partial charge >= 0.3 is 5.97 Å². The summed E-state index contributed by atoms with van der Waals surface area (Å²) in [5, 5.41) is 12.8. The number of thioether (sulfide) groups is 1. The third-order valence-corrected chi connectivity index (χ3v) is 5.95. The third kappa shape index (κ3) is 6.33.